The topological polar surface area (TPSA) is 55.6 Å². The molecule has 106 valence electrons. The first-order valence-electron chi connectivity index (χ1n) is 7.16. The predicted molar refractivity (Wildman–Crippen MR) is 73.3 cm³/mol. The number of methoxy groups -OCH3 is 1. The number of ether oxygens (including phenoxy) is 1. The number of carbonyl (C=O) groups is 1. The number of rotatable bonds is 6. The summed E-state index contributed by atoms with van der Waals surface area (Å²) in [5.74, 6) is 0.818. The normalized spacial score (nSPS) is 26.1. The van der Waals surface area contributed by atoms with Crippen molar-refractivity contribution in [2.24, 2.45) is 11.7 Å². The van der Waals surface area contributed by atoms with Crippen LogP contribution in [0.15, 0.2) is 0 Å². The molecule has 1 saturated heterocycles. The van der Waals surface area contributed by atoms with Gasteiger partial charge in [0.2, 0.25) is 5.91 Å². The minimum absolute atomic E-state index is 0.142. The first-order valence-corrected chi connectivity index (χ1v) is 7.16. The van der Waals surface area contributed by atoms with Crippen LogP contribution in [-0.2, 0) is 9.53 Å². The summed E-state index contributed by atoms with van der Waals surface area (Å²) in [6.07, 6.45) is 4.86. The van der Waals surface area contributed by atoms with Gasteiger partial charge in [-0.25, -0.2) is 0 Å². The molecule has 0 bridgehead atoms. The lowest BCUT2D eigenvalue weighted by Crippen LogP contribution is -2.48. The molecule has 3 atom stereocenters. The number of amides is 1. The zero-order chi connectivity index (χ0) is 13.5. The molecular weight excluding hydrogens is 228 g/mol. The van der Waals surface area contributed by atoms with E-state index >= 15 is 0 Å². The molecule has 0 aromatic carbocycles. The smallest absolute Gasteiger partial charge is 0.225 e. The largest absolute Gasteiger partial charge is 0.380 e. The number of hydrogen-bond donors (Lipinski definition) is 1. The van der Waals surface area contributed by atoms with E-state index in [9.17, 15) is 4.79 Å². The van der Waals surface area contributed by atoms with Gasteiger partial charge in [-0.1, -0.05) is 20.3 Å². The minimum atomic E-state index is -0.142. The molecule has 1 aliphatic heterocycles. The average molecular weight is 256 g/mol. The molecule has 1 amide bonds. The Morgan fingerprint density at radius 2 is 2.28 bits per heavy atom. The Balaban J connectivity index is 2.62. The monoisotopic (exact) mass is 256 g/mol. The van der Waals surface area contributed by atoms with Crippen molar-refractivity contribution in [3.8, 4) is 0 Å². The molecule has 2 N–H and O–H groups in total. The van der Waals surface area contributed by atoms with Gasteiger partial charge in [0.1, 0.15) is 0 Å². The summed E-state index contributed by atoms with van der Waals surface area (Å²) in [5, 5.41) is 0. The Morgan fingerprint density at radius 1 is 1.56 bits per heavy atom. The zero-order valence-electron chi connectivity index (χ0n) is 12.0. The molecule has 0 saturated carbocycles. The lowest BCUT2D eigenvalue weighted by Gasteiger charge is -2.40. The number of piperidine rings is 1. The van der Waals surface area contributed by atoms with Crippen molar-refractivity contribution >= 4 is 5.91 Å². The lowest BCUT2D eigenvalue weighted by atomic mass is 9.87. The third-order valence-electron chi connectivity index (χ3n) is 4.02. The van der Waals surface area contributed by atoms with E-state index in [0.717, 1.165) is 25.8 Å². The van der Waals surface area contributed by atoms with E-state index in [-0.39, 0.29) is 12.0 Å². The molecule has 3 unspecified atom stereocenters. The minimum Gasteiger partial charge on any atom is -0.380 e. The molecule has 0 aromatic rings. The molecule has 0 aliphatic carbocycles. The van der Waals surface area contributed by atoms with E-state index in [1.807, 2.05) is 0 Å². The highest BCUT2D eigenvalue weighted by Gasteiger charge is 2.31. The van der Waals surface area contributed by atoms with Crippen LogP contribution in [0.3, 0.4) is 0 Å². The van der Waals surface area contributed by atoms with Gasteiger partial charge in [0, 0.05) is 26.2 Å². The molecule has 4 nitrogen and oxygen atoms in total. The second-order valence-electron chi connectivity index (χ2n) is 5.36. The Labute approximate surface area is 111 Å². The van der Waals surface area contributed by atoms with E-state index in [1.54, 1.807) is 7.11 Å². The Hall–Kier alpha value is -0.610. The molecular formula is C14H28N2O2. The molecule has 4 heteroatoms. The second-order valence-corrected chi connectivity index (χ2v) is 5.36. The second kappa shape index (κ2) is 7.74. The van der Waals surface area contributed by atoms with E-state index < -0.39 is 0 Å². The van der Waals surface area contributed by atoms with Crippen molar-refractivity contribution in [3.63, 3.8) is 0 Å². The summed E-state index contributed by atoms with van der Waals surface area (Å²) < 4.78 is 5.21. The average Bonchev–Trinajstić information content (AvgIpc) is 2.38. The molecule has 1 heterocycles. The molecule has 0 spiro atoms. The number of likely N-dealkylation sites (tertiary alicyclic amines) is 1. The van der Waals surface area contributed by atoms with Gasteiger partial charge in [-0.05, 0) is 25.2 Å². The van der Waals surface area contributed by atoms with Crippen LogP contribution in [0.1, 0.15) is 46.0 Å². The van der Waals surface area contributed by atoms with Crippen LogP contribution in [0.4, 0.5) is 0 Å². The fourth-order valence-electron chi connectivity index (χ4n) is 2.87. The summed E-state index contributed by atoms with van der Waals surface area (Å²) in [5.41, 5.74) is 5.59. The van der Waals surface area contributed by atoms with Crippen LogP contribution in [0, 0.1) is 5.92 Å². The highest BCUT2D eigenvalue weighted by Crippen LogP contribution is 2.27. The Bertz CT molecular complexity index is 254. The quantitative estimate of drug-likeness (QED) is 0.788. The summed E-state index contributed by atoms with van der Waals surface area (Å²) in [4.78, 5) is 14.4. The van der Waals surface area contributed by atoms with Crippen molar-refractivity contribution < 1.29 is 9.53 Å². The van der Waals surface area contributed by atoms with Crippen molar-refractivity contribution in [2.75, 3.05) is 20.2 Å². The summed E-state index contributed by atoms with van der Waals surface area (Å²) in [7, 11) is 1.62. The maximum atomic E-state index is 12.3. The summed E-state index contributed by atoms with van der Waals surface area (Å²) in [6.45, 7) is 5.75. The maximum Gasteiger partial charge on any atom is 0.225 e. The van der Waals surface area contributed by atoms with Gasteiger partial charge in [-0.3, -0.25) is 4.79 Å². The van der Waals surface area contributed by atoms with Crippen LogP contribution in [-0.4, -0.2) is 43.2 Å². The first-order chi connectivity index (χ1) is 8.63. The van der Waals surface area contributed by atoms with Crippen LogP contribution in [0.2, 0.25) is 0 Å². The molecule has 18 heavy (non-hydrogen) atoms. The van der Waals surface area contributed by atoms with E-state index in [1.165, 1.54) is 6.42 Å². The van der Waals surface area contributed by atoms with Crippen LogP contribution in [0.25, 0.3) is 0 Å². The highest BCUT2D eigenvalue weighted by molar-refractivity contribution is 5.77. The fourth-order valence-corrected chi connectivity index (χ4v) is 2.87. The third kappa shape index (κ3) is 3.95. The molecule has 1 aliphatic rings. The number of hydrogen-bond acceptors (Lipinski definition) is 3. The summed E-state index contributed by atoms with van der Waals surface area (Å²) in [6, 6.07) is 0.409. The zero-order valence-corrected chi connectivity index (χ0v) is 12.0. The molecule has 0 aromatic heterocycles. The molecule has 0 radical (unpaired) electrons. The van der Waals surface area contributed by atoms with Crippen molar-refractivity contribution in [1.29, 1.82) is 0 Å². The van der Waals surface area contributed by atoms with Crippen LogP contribution in [0.5, 0.6) is 0 Å². The SMILES string of the molecule is CCCC1C(C)CCCN1C(=O)CC(CN)OC. The van der Waals surface area contributed by atoms with Gasteiger partial charge in [0.15, 0.2) is 0 Å². The Kier molecular flexibility index (Phi) is 6.65. The van der Waals surface area contributed by atoms with Crippen molar-refractivity contribution in [2.45, 2.75) is 58.1 Å². The van der Waals surface area contributed by atoms with Crippen LogP contribution < -0.4 is 5.73 Å². The van der Waals surface area contributed by atoms with Gasteiger partial charge in [0.25, 0.3) is 0 Å². The standard InChI is InChI=1S/C14H28N2O2/c1-4-6-13-11(2)7-5-8-16(13)14(17)9-12(10-15)18-3/h11-13H,4-10,15H2,1-3H3. The van der Waals surface area contributed by atoms with Crippen molar-refractivity contribution in [1.82, 2.24) is 4.90 Å². The van der Waals surface area contributed by atoms with Gasteiger partial charge < -0.3 is 15.4 Å². The molecule has 1 fully saturated rings. The van der Waals surface area contributed by atoms with E-state index in [4.69, 9.17) is 10.5 Å². The highest BCUT2D eigenvalue weighted by atomic mass is 16.5. The first kappa shape index (κ1) is 15.4. The predicted octanol–water partition coefficient (Wildman–Crippen LogP) is 1.78. The number of nitrogens with two attached hydrogens (primary N) is 1. The van der Waals surface area contributed by atoms with Crippen molar-refractivity contribution in [3.05, 3.63) is 0 Å². The lowest BCUT2D eigenvalue weighted by molar-refractivity contribution is -0.139. The number of nitrogens with zero attached hydrogens (tertiary/aromatic N) is 1. The van der Waals surface area contributed by atoms with Gasteiger partial charge in [0.05, 0.1) is 12.5 Å². The third-order valence-corrected chi connectivity index (χ3v) is 4.02. The van der Waals surface area contributed by atoms with Gasteiger partial charge in [-0.15, -0.1) is 0 Å². The molecule has 1 rings (SSSR count). The van der Waals surface area contributed by atoms with E-state index in [2.05, 4.69) is 18.7 Å². The van der Waals surface area contributed by atoms with Crippen LogP contribution >= 0.6 is 0 Å². The fraction of sp³-hybridized carbons (Fsp3) is 0.929. The van der Waals surface area contributed by atoms with E-state index in [0.29, 0.717) is 24.9 Å². The summed E-state index contributed by atoms with van der Waals surface area (Å²) >= 11 is 0. The van der Waals surface area contributed by atoms with Gasteiger partial charge in [-0.2, -0.15) is 0 Å². The maximum absolute atomic E-state index is 12.3. The number of carbonyl (C=O) groups excluding carboxylic acids is 1. The van der Waals surface area contributed by atoms with Gasteiger partial charge >= 0.3 is 0 Å². The Morgan fingerprint density at radius 3 is 2.83 bits per heavy atom.